The van der Waals surface area contributed by atoms with E-state index in [1.807, 2.05) is 0 Å². The van der Waals surface area contributed by atoms with Crippen LogP contribution in [0.2, 0.25) is 0 Å². The maximum atomic E-state index is 14.1. The average molecular weight is 415 g/mol. The summed E-state index contributed by atoms with van der Waals surface area (Å²) in [5.41, 5.74) is 0.342. The van der Waals surface area contributed by atoms with Gasteiger partial charge in [-0.3, -0.25) is 0 Å². The molecule has 0 aromatic heterocycles. The molecule has 9 heteroatoms. The lowest BCUT2D eigenvalue weighted by molar-refractivity contribution is 0.426. The molecular weight excluding hydrogens is 396 g/mol. The van der Waals surface area contributed by atoms with E-state index in [-0.39, 0.29) is 30.6 Å². The zero-order valence-electron chi connectivity index (χ0n) is 14.4. The second-order valence-electron chi connectivity index (χ2n) is 6.45. The summed E-state index contributed by atoms with van der Waals surface area (Å²) < 4.78 is 79.0. The highest BCUT2D eigenvalue weighted by molar-refractivity contribution is 7.91. The molecule has 1 atom stereocenters. The topological polar surface area (TPSA) is 71.5 Å². The molecule has 27 heavy (non-hydrogen) atoms. The van der Waals surface area contributed by atoms with Crippen LogP contribution in [-0.2, 0) is 25.6 Å². The first-order valence-electron chi connectivity index (χ1n) is 8.37. The third-order valence-corrected chi connectivity index (χ3v) is 8.54. The second-order valence-corrected chi connectivity index (χ2v) is 10.7. The van der Waals surface area contributed by atoms with Gasteiger partial charge in [-0.2, -0.15) is 0 Å². The smallest absolute Gasteiger partial charge is 0.218 e. The van der Waals surface area contributed by atoms with Crippen LogP contribution in [0.1, 0.15) is 22.8 Å². The number of hydrogen-bond donors (Lipinski definition) is 0. The van der Waals surface area contributed by atoms with E-state index in [0.29, 0.717) is 0 Å². The first-order chi connectivity index (χ1) is 12.7. The van der Waals surface area contributed by atoms with Crippen LogP contribution in [0.15, 0.2) is 48.5 Å². The number of hydrogen-bond acceptors (Lipinski definition) is 4. The van der Waals surface area contributed by atoms with Crippen molar-refractivity contribution in [3.8, 4) is 0 Å². The summed E-state index contributed by atoms with van der Waals surface area (Å²) in [6.07, 6.45) is -0.0361. The SMILES string of the molecule is O=S1(=O)CCN(S(=O)(=O)Cc2cccc(F)c2)CCC1c1ccccc1F. The monoisotopic (exact) mass is 415 g/mol. The van der Waals surface area contributed by atoms with Crippen LogP contribution in [-0.4, -0.2) is 40.0 Å². The minimum absolute atomic E-state index is 0.0361. The molecule has 0 spiro atoms. The van der Waals surface area contributed by atoms with Crippen LogP contribution in [0.25, 0.3) is 0 Å². The van der Waals surface area contributed by atoms with Crippen LogP contribution in [0.4, 0.5) is 8.78 Å². The van der Waals surface area contributed by atoms with Crippen molar-refractivity contribution in [3.05, 3.63) is 71.3 Å². The number of sulfonamides is 1. The van der Waals surface area contributed by atoms with Gasteiger partial charge >= 0.3 is 0 Å². The van der Waals surface area contributed by atoms with E-state index in [4.69, 9.17) is 0 Å². The lowest BCUT2D eigenvalue weighted by atomic mass is 10.1. The number of sulfone groups is 1. The molecule has 146 valence electrons. The summed E-state index contributed by atoms with van der Waals surface area (Å²) in [6.45, 7) is -0.249. The first-order valence-corrected chi connectivity index (χ1v) is 11.7. The van der Waals surface area contributed by atoms with Crippen molar-refractivity contribution in [2.45, 2.75) is 17.4 Å². The molecule has 0 N–H and O–H groups in total. The molecule has 2 aromatic rings. The fourth-order valence-corrected chi connectivity index (χ4v) is 6.67. The zero-order valence-corrected chi connectivity index (χ0v) is 16.0. The van der Waals surface area contributed by atoms with Crippen molar-refractivity contribution in [2.24, 2.45) is 0 Å². The minimum atomic E-state index is -3.83. The molecule has 1 heterocycles. The maximum Gasteiger partial charge on any atom is 0.218 e. The second kappa shape index (κ2) is 7.65. The third kappa shape index (κ3) is 4.53. The van der Waals surface area contributed by atoms with Crippen molar-refractivity contribution in [1.82, 2.24) is 4.31 Å². The Labute approximate surface area is 157 Å². The number of halogens is 2. The van der Waals surface area contributed by atoms with Crippen molar-refractivity contribution in [3.63, 3.8) is 0 Å². The van der Waals surface area contributed by atoms with Crippen molar-refractivity contribution >= 4 is 19.9 Å². The predicted octanol–water partition coefficient (Wildman–Crippen LogP) is 2.66. The minimum Gasteiger partial charge on any atom is -0.228 e. The van der Waals surface area contributed by atoms with E-state index in [1.165, 1.54) is 36.4 Å². The van der Waals surface area contributed by atoms with Gasteiger partial charge in [0.05, 0.1) is 16.8 Å². The van der Waals surface area contributed by atoms with Crippen LogP contribution in [0.5, 0.6) is 0 Å². The van der Waals surface area contributed by atoms with Gasteiger partial charge < -0.3 is 0 Å². The zero-order chi connectivity index (χ0) is 19.7. The quantitative estimate of drug-likeness (QED) is 0.770. The molecule has 0 aliphatic carbocycles. The molecule has 1 aliphatic heterocycles. The molecule has 0 bridgehead atoms. The van der Waals surface area contributed by atoms with Gasteiger partial charge in [-0.05, 0) is 30.2 Å². The average Bonchev–Trinajstić information content (AvgIpc) is 2.74. The molecule has 1 aliphatic rings. The summed E-state index contributed by atoms with van der Waals surface area (Å²) in [4.78, 5) is 0. The molecule has 2 aromatic carbocycles. The van der Waals surface area contributed by atoms with Gasteiger partial charge in [0.15, 0.2) is 9.84 Å². The van der Waals surface area contributed by atoms with Gasteiger partial charge in [-0.25, -0.2) is 29.9 Å². The molecule has 0 amide bonds. The van der Waals surface area contributed by atoms with Gasteiger partial charge in [0, 0.05) is 18.7 Å². The van der Waals surface area contributed by atoms with E-state index in [0.717, 1.165) is 10.4 Å². The molecule has 5 nitrogen and oxygen atoms in total. The summed E-state index contributed by atoms with van der Waals surface area (Å²) in [7, 11) is -7.55. The molecule has 1 saturated heterocycles. The van der Waals surface area contributed by atoms with Gasteiger partial charge in [0.25, 0.3) is 0 Å². The lowest BCUT2D eigenvalue weighted by Crippen LogP contribution is -2.34. The standard InChI is InChI=1S/C18H19F2NO4S2/c19-15-5-3-4-14(12-15)13-27(24,25)21-9-8-18(26(22,23)11-10-21)16-6-1-2-7-17(16)20/h1-7,12,18H,8-11,13H2. The summed E-state index contributed by atoms with van der Waals surface area (Å²) >= 11 is 0. The Bertz CT molecular complexity index is 1040. The van der Waals surface area contributed by atoms with E-state index < -0.39 is 48.3 Å². The van der Waals surface area contributed by atoms with Gasteiger partial charge in [0.2, 0.25) is 10.0 Å². The Balaban J connectivity index is 1.83. The normalized spacial score (nSPS) is 20.9. The Morgan fingerprint density at radius 1 is 1.04 bits per heavy atom. The molecular formula is C18H19F2NO4S2. The number of rotatable bonds is 4. The van der Waals surface area contributed by atoms with E-state index in [9.17, 15) is 25.6 Å². The fraction of sp³-hybridized carbons (Fsp3) is 0.333. The van der Waals surface area contributed by atoms with Crippen LogP contribution in [0.3, 0.4) is 0 Å². The maximum absolute atomic E-state index is 14.1. The largest absolute Gasteiger partial charge is 0.228 e. The van der Waals surface area contributed by atoms with E-state index in [1.54, 1.807) is 6.07 Å². The highest BCUT2D eigenvalue weighted by Gasteiger charge is 2.36. The molecule has 0 radical (unpaired) electrons. The first kappa shape index (κ1) is 19.9. The predicted molar refractivity (Wildman–Crippen MR) is 98.1 cm³/mol. The van der Waals surface area contributed by atoms with Crippen LogP contribution in [0, 0.1) is 11.6 Å². The molecule has 1 unspecified atom stereocenters. The highest BCUT2D eigenvalue weighted by atomic mass is 32.2. The number of nitrogens with zero attached hydrogens (tertiary/aromatic N) is 1. The molecule has 1 fully saturated rings. The Kier molecular flexibility index (Phi) is 5.64. The van der Waals surface area contributed by atoms with Crippen LogP contribution >= 0.6 is 0 Å². The Morgan fingerprint density at radius 3 is 2.48 bits per heavy atom. The van der Waals surface area contributed by atoms with Gasteiger partial charge in [-0.15, -0.1) is 0 Å². The Morgan fingerprint density at radius 2 is 1.78 bits per heavy atom. The van der Waals surface area contributed by atoms with Gasteiger partial charge in [0.1, 0.15) is 11.6 Å². The van der Waals surface area contributed by atoms with Crippen molar-refractivity contribution in [2.75, 3.05) is 18.8 Å². The van der Waals surface area contributed by atoms with Crippen molar-refractivity contribution in [1.29, 1.82) is 0 Å². The molecule has 3 rings (SSSR count). The van der Waals surface area contributed by atoms with Crippen molar-refractivity contribution < 1.29 is 25.6 Å². The highest BCUT2D eigenvalue weighted by Crippen LogP contribution is 2.32. The van der Waals surface area contributed by atoms with E-state index in [2.05, 4.69) is 0 Å². The summed E-state index contributed by atoms with van der Waals surface area (Å²) in [5.74, 6) is -1.98. The van der Waals surface area contributed by atoms with E-state index >= 15 is 0 Å². The summed E-state index contributed by atoms with van der Waals surface area (Å²) in [6, 6.07) is 10.9. The number of benzene rings is 2. The summed E-state index contributed by atoms with van der Waals surface area (Å²) in [5, 5.41) is -1.09. The van der Waals surface area contributed by atoms with Gasteiger partial charge in [-0.1, -0.05) is 30.3 Å². The Hall–Kier alpha value is -1.84. The fourth-order valence-electron chi connectivity index (χ4n) is 3.22. The molecule has 0 saturated carbocycles. The third-order valence-electron chi connectivity index (χ3n) is 4.58. The van der Waals surface area contributed by atoms with Crippen LogP contribution < -0.4 is 0 Å². The lowest BCUT2D eigenvalue weighted by Gasteiger charge is -2.20.